The van der Waals surface area contributed by atoms with Crippen molar-refractivity contribution in [2.75, 3.05) is 0 Å². The molecule has 0 saturated heterocycles. The lowest BCUT2D eigenvalue weighted by atomic mass is 10.1. The molecule has 0 unspecified atom stereocenters. The molecule has 0 fully saturated rings. The van der Waals surface area contributed by atoms with Gasteiger partial charge in [0.2, 0.25) is 0 Å². The van der Waals surface area contributed by atoms with Crippen LogP contribution in [0.5, 0.6) is 0 Å². The molecule has 0 amide bonds. The SMILES string of the molecule is CC1=c2c(-c3ccc(F)c(C)c3)n[nH]c2=CCC=C1. The van der Waals surface area contributed by atoms with Gasteiger partial charge in [0.05, 0.1) is 5.35 Å². The third kappa shape index (κ3) is 2.01. The van der Waals surface area contributed by atoms with Gasteiger partial charge in [0.15, 0.2) is 0 Å². The molecule has 0 bridgehead atoms. The Morgan fingerprint density at radius 3 is 2.89 bits per heavy atom. The number of aryl methyl sites for hydroxylation is 1. The van der Waals surface area contributed by atoms with E-state index in [0.717, 1.165) is 28.2 Å². The molecule has 19 heavy (non-hydrogen) atoms. The number of fused-ring (bicyclic) bond motifs is 1. The predicted molar refractivity (Wildman–Crippen MR) is 75.3 cm³/mol. The maximum absolute atomic E-state index is 13.4. The summed E-state index contributed by atoms with van der Waals surface area (Å²) < 4.78 is 13.4. The molecule has 0 atom stereocenters. The molecule has 96 valence electrons. The van der Waals surface area contributed by atoms with Crippen molar-refractivity contribution < 1.29 is 4.39 Å². The molecule has 0 aliphatic heterocycles. The van der Waals surface area contributed by atoms with Gasteiger partial charge in [-0.2, -0.15) is 5.10 Å². The number of rotatable bonds is 1. The van der Waals surface area contributed by atoms with Crippen molar-refractivity contribution in [3.05, 3.63) is 52.3 Å². The third-order valence-electron chi connectivity index (χ3n) is 3.45. The number of benzene rings is 1. The van der Waals surface area contributed by atoms with Gasteiger partial charge in [-0.1, -0.05) is 18.2 Å². The number of hydrogen-bond donors (Lipinski definition) is 1. The summed E-state index contributed by atoms with van der Waals surface area (Å²) in [6, 6.07) is 5.12. The second-order valence-electron chi connectivity index (χ2n) is 4.85. The number of H-pyrrole nitrogens is 1. The molecule has 1 aliphatic rings. The molecule has 0 spiro atoms. The molecule has 2 nitrogen and oxygen atoms in total. The average molecular weight is 254 g/mol. The lowest BCUT2D eigenvalue weighted by molar-refractivity contribution is 0.618. The van der Waals surface area contributed by atoms with Crippen molar-refractivity contribution in [1.29, 1.82) is 0 Å². The molecule has 1 N–H and O–H groups in total. The highest BCUT2D eigenvalue weighted by molar-refractivity contribution is 5.68. The zero-order chi connectivity index (χ0) is 13.4. The zero-order valence-electron chi connectivity index (χ0n) is 11.0. The first-order chi connectivity index (χ1) is 9.16. The summed E-state index contributed by atoms with van der Waals surface area (Å²) in [6.45, 7) is 3.84. The summed E-state index contributed by atoms with van der Waals surface area (Å²) in [4.78, 5) is 0. The fraction of sp³-hybridized carbons (Fsp3) is 0.188. The van der Waals surface area contributed by atoms with Gasteiger partial charge in [-0.05, 0) is 49.6 Å². The summed E-state index contributed by atoms with van der Waals surface area (Å²) >= 11 is 0. The quantitative estimate of drug-likeness (QED) is 0.832. The average Bonchev–Trinajstić information content (AvgIpc) is 2.73. The van der Waals surface area contributed by atoms with Gasteiger partial charge in [-0.25, -0.2) is 4.39 Å². The van der Waals surface area contributed by atoms with Crippen LogP contribution in [0.2, 0.25) is 0 Å². The summed E-state index contributed by atoms with van der Waals surface area (Å²) in [5.41, 5.74) is 3.65. The van der Waals surface area contributed by atoms with Crippen molar-refractivity contribution in [3.63, 3.8) is 0 Å². The molecule has 2 aromatic rings. The Morgan fingerprint density at radius 1 is 1.26 bits per heavy atom. The van der Waals surface area contributed by atoms with E-state index in [-0.39, 0.29) is 5.82 Å². The van der Waals surface area contributed by atoms with Gasteiger partial charge < -0.3 is 0 Å². The molecule has 1 aromatic carbocycles. The number of hydrogen-bond acceptors (Lipinski definition) is 1. The van der Waals surface area contributed by atoms with Gasteiger partial charge in [-0.3, -0.25) is 5.10 Å². The molecule has 3 rings (SSSR count). The van der Waals surface area contributed by atoms with E-state index in [0.29, 0.717) is 5.56 Å². The third-order valence-corrected chi connectivity index (χ3v) is 3.45. The number of nitrogens with one attached hydrogen (secondary N) is 1. The number of nitrogens with zero attached hydrogens (tertiary/aromatic N) is 1. The molecule has 3 heteroatoms. The van der Waals surface area contributed by atoms with Crippen LogP contribution < -0.4 is 10.6 Å². The van der Waals surface area contributed by atoms with E-state index >= 15 is 0 Å². The first-order valence-electron chi connectivity index (χ1n) is 6.35. The van der Waals surface area contributed by atoms with E-state index in [1.807, 2.05) is 6.07 Å². The van der Waals surface area contributed by atoms with E-state index in [9.17, 15) is 4.39 Å². The molecule has 1 heterocycles. The van der Waals surface area contributed by atoms with E-state index in [1.165, 1.54) is 11.6 Å². The minimum atomic E-state index is -0.183. The van der Waals surface area contributed by atoms with Crippen molar-refractivity contribution >= 4 is 11.6 Å². The van der Waals surface area contributed by atoms with Gasteiger partial charge >= 0.3 is 0 Å². The maximum atomic E-state index is 13.4. The molecular formula is C16H15FN2. The van der Waals surface area contributed by atoms with Crippen LogP contribution >= 0.6 is 0 Å². The lowest BCUT2D eigenvalue weighted by Gasteiger charge is -2.01. The zero-order valence-corrected chi connectivity index (χ0v) is 11.0. The maximum Gasteiger partial charge on any atom is 0.126 e. The monoisotopic (exact) mass is 254 g/mol. The van der Waals surface area contributed by atoms with Crippen molar-refractivity contribution in [3.8, 4) is 11.3 Å². The van der Waals surface area contributed by atoms with Crippen molar-refractivity contribution in [1.82, 2.24) is 10.2 Å². The van der Waals surface area contributed by atoms with Gasteiger partial charge in [0.1, 0.15) is 11.5 Å². The van der Waals surface area contributed by atoms with E-state index in [2.05, 4.69) is 35.3 Å². The minimum absolute atomic E-state index is 0.183. The van der Waals surface area contributed by atoms with Crippen LogP contribution in [0, 0.1) is 12.7 Å². The molecule has 0 saturated carbocycles. The minimum Gasteiger partial charge on any atom is -0.278 e. The van der Waals surface area contributed by atoms with Crippen LogP contribution in [-0.2, 0) is 0 Å². The van der Waals surface area contributed by atoms with Crippen LogP contribution in [0.15, 0.2) is 30.4 Å². The van der Waals surface area contributed by atoms with Gasteiger partial charge in [-0.15, -0.1) is 0 Å². The summed E-state index contributed by atoms with van der Waals surface area (Å²) in [5.74, 6) is -0.183. The second kappa shape index (κ2) is 4.50. The summed E-state index contributed by atoms with van der Waals surface area (Å²) in [6.07, 6.45) is 7.25. The first kappa shape index (κ1) is 11.9. The number of halogens is 1. The Kier molecular flexibility index (Phi) is 2.82. The Labute approximate surface area is 111 Å². The number of allylic oxidation sites excluding steroid dienone is 2. The van der Waals surface area contributed by atoms with Crippen LogP contribution in [0.3, 0.4) is 0 Å². The van der Waals surface area contributed by atoms with E-state index < -0.39 is 0 Å². The Balaban J connectivity index is 2.31. The molecule has 1 aliphatic carbocycles. The van der Waals surface area contributed by atoms with Crippen LogP contribution in [0.1, 0.15) is 18.9 Å². The van der Waals surface area contributed by atoms with E-state index in [1.54, 1.807) is 13.0 Å². The second-order valence-corrected chi connectivity index (χ2v) is 4.85. The van der Waals surface area contributed by atoms with Crippen LogP contribution in [0.25, 0.3) is 22.9 Å². The Bertz CT molecular complexity index is 782. The standard InChI is InChI=1S/C16H15FN2/c1-10-5-3-4-6-14-15(10)16(19-18-14)12-7-8-13(17)11(2)9-12/h3,5-9,18H,4H2,1-2H3. The van der Waals surface area contributed by atoms with Gasteiger partial charge in [0, 0.05) is 10.8 Å². The van der Waals surface area contributed by atoms with Gasteiger partial charge in [0.25, 0.3) is 0 Å². The lowest BCUT2D eigenvalue weighted by Crippen LogP contribution is -2.25. The number of aromatic nitrogens is 2. The smallest absolute Gasteiger partial charge is 0.126 e. The van der Waals surface area contributed by atoms with Crippen molar-refractivity contribution in [2.45, 2.75) is 20.3 Å². The highest BCUT2D eigenvalue weighted by Crippen LogP contribution is 2.17. The number of aromatic amines is 1. The molecular weight excluding hydrogens is 239 g/mol. The predicted octanol–water partition coefficient (Wildman–Crippen LogP) is 2.44. The molecule has 1 aromatic heterocycles. The molecule has 0 radical (unpaired) electrons. The van der Waals surface area contributed by atoms with Crippen LogP contribution in [-0.4, -0.2) is 10.2 Å². The summed E-state index contributed by atoms with van der Waals surface area (Å²) in [7, 11) is 0. The largest absolute Gasteiger partial charge is 0.278 e. The normalized spacial score (nSPS) is 13.9. The van der Waals surface area contributed by atoms with Crippen molar-refractivity contribution in [2.24, 2.45) is 0 Å². The highest BCUT2D eigenvalue weighted by atomic mass is 19.1. The van der Waals surface area contributed by atoms with E-state index in [4.69, 9.17) is 0 Å². The Morgan fingerprint density at radius 2 is 2.11 bits per heavy atom. The Hall–Kier alpha value is -2.16. The highest BCUT2D eigenvalue weighted by Gasteiger charge is 2.09. The first-order valence-corrected chi connectivity index (χ1v) is 6.35. The van der Waals surface area contributed by atoms with Crippen LogP contribution in [0.4, 0.5) is 4.39 Å². The topological polar surface area (TPSA) is 28.7 Å². The fourth-order valence-corrected chi connectivity index (χ4v) is 2.42. The fourth-order valence-electron chi connectivity index (χ4n) is 2.42. The summed E-state index contributed by atoms with van der Waals surface area (Å²) in [5, 5.41) is 9.62.